The third kappa shape index (κ3) is 6.63. The molecule has 0 heterocycles. The van der Waals surface area contributed by atoms with E-state index in [1.54, 1.807) is 0 Å². The van der Waals surface area contributed by atoms with Gasteiger partial charge in [-0.05, 0) is 17.5 Å². The Labute approximate surface area is 137 Å². The Kier molecular flexibility index (Phi) is 7.30. The first-order valence-corrected chi connectivity index (χ1v) is 7.87. The van der Waals surface area contributed by atoms with Crippen LogP contribution in [0.25, 0.3) is 0 Å². The van der Waals surface area contributed by atoms with Gasteiger partial charge in [-0.25, -0.2) is 0 Å². The second-order valence-electron chi connectivity index (χ2n) is 5.37. The van der Waals surface area contributed by atoms with Crippen LogP contribution >= 0.6 is 0 Å². The van der Waals surface area contributed by atoms with Gasteiger partial charge in [0.2, 0.25) is 5.91 Å². The van der Waals surface area contributed by atoms with Gasteiger partial charge in [0.15, 0.2) is 0 Å². The minimum atomic E-state index is -0.672. The Bertz CT molecular complexity index is 572. The first-order valence-electron chi connectivity index (χ1n) is 7.87. The highest BCUT2D eigenvalue weighted by Crippen LogP contribution is 2.10. The minimum absolute atomic E-state index is 0.0664. The number of aliphatic hydroxyl groups excluding tert-OH is 1. The number of carbonyl (C=O) groups excluding carboxylic acids is 1. The first kappa shape index (κ1) is 17.2. The van der Waals surface area contributed by atoms with E-state index in [0.717, 1.165) is 11.1 Å². The van der Waals surface area contributed by atoms with E-state index in [4.69, 9.17) is 4.74 Å². The van der Waals surface area contributed by atoms with Crippen LogP contribution in [-0.4, -0.2) is 24.2 Å². The molecule has 0 aromatic heterocycles. The van der Waals surface area contributed by atoms with E-state index in [-0.39, 0.29) is 12.5 Å². The first-order chi connectivity index (χ1) is 11.3. The fraction of sp³-hybridized carbons (Fsp3) is 0.316. The minimum Gasteiger partial charge on any atom is -0.387 e. The summed E-state index contributed by atoms with van der Waals surface area (Å²) in [4.78, 5) is 11.7. The summed E-state index contributed by atoms with van der Waals surface area (Å²) in [6, 6.07) is 19.3. The molecule has 0 aliphatic rings. The van der Waals surface area contributed by atoms with E-state index >= 15 is 0 Å². The van der Waals surface area contributed by atoms with Gasteiger partial charge in [-0.2, -0.15) is 0 Å². The fourth-order valence-corrected chi connectivity index (χ4v) is 2.19. The summed E-state index contributed by atoms with van der Waals surface area (Å²) in [5, 5.41) is 12.7. The summed E-state index contributed by atoms with van der Waals surface area (Å²) in [5.74, 6) is -0.0664. The highest BCUT2D eigenvalue weighted by Gasteiger charge is 2.08. The molecule has 1 atom stereocenters. The zero-order valence-electron chi connectivity index (χ0n) is 13.2. The average molecular weight is 313 g/mol. The Morgan fingerprint density at radius 2 is 1.70 bits per heavy atom. The molecule has 0 spiro atoms. The Balaban J connectivity index is 1.55. The van der Waals surface area contributed by atoms with Crippen molar-refractivity contribution in [2.45, 2.75) is 25.6 Å². The van der Waals surface area contributed by atoms with Crippen LogP contribution in [-0.2, 0) is 16.1 Å². The van der Waals surface area contributed by atoms with Crippen LogP contribution in [0.4, 0.5) is 0 Å². The van der Waals surface area contributed by atoms with Gasteiger partial charge >= 0.3 is 0 Å². The van der Waals surface area contributed by atoms with Crippen LogP contribution in [0.3, 0.4) is 0 Å². The molecule has 2 N–H and O–H groups in total. The summed E-state index contributed by atoms with van der Waals surface area (Å²) in [5.41, 5.74) is 1.93. The van der Waals surface area contributed by atoms with E-state index in [1.165, 1.54) is 0 Å². The van der Waals surface area contributed by atoms with Crippen molar-refractivity contribution in [1.82, 2.24) is 5.32 Å². The van der Waals surface area contributed by atoms with Crippen LogP contribution in [0.5, 0.6) is 0 Å². The monoisotopic (exact) mass is 313 g/mol. The van der Waals surface area contributed by atoms with Crippen molar-refractivity contribution in [1.29, 1.82) is 0 Å². The summed E-state index contributed by atoms with van der Waals surface area (Å²) in [7, 11) is 0. The molecule has 2 rings (SSSR count). The summed E-state index contributed by atoms with van der Waals surface area (Å²) in [6.45, 7) is 1.34. The maximum Gasteiger partial charge on any atom is 0.220 e. The Morgan fingerprint density at radius 3 is 2.39 bits per heavy atom. The standard InChI is InChI=1S/C19H23NO3/c21-18(17-10-5-2-6-11-17)14-20-19(22)12-7-13-23-15-16-8-3-1-4-9-16/h1-6,8-11,18,21H,7,12-15H2,(H,20,22)/t18-/m0/s1. The van der Waals surface area contributed by atoms with Crippen LogP contribution in [0.2, 0.25) is 0 Å². The Morgan fingerprint density at radius 1 is 1.04 bits per heavy atom. The smallest absolute Gasteiger partial charge is 0.220 e. The third-order valence-corrected chi connectivity index (χ3v) is 3.48. The maximum atomic E-state index is 11.7. The lowest BCUT2D eigenvalue weighted by Crippen LogP contribution is -2.28. The van der Waals surface area contributed by atoms with Crippen LogP contribution in [0, 0.1) is 0 Å². The molecule has 0 aliphatic carbocycles. The van der Waals surface area contributed by atoms with Gasteiger partial charge in [0.05, 0.1) is 12.7 Å². The highest BCUT2D eigenvalue weighted by molar-refractivity contribution is 5.75. The lowest BCUT2D eigenvalue weighted by atomic mass is 10.1. The van der Waals surface area contributed by atoms with E-state index in [1.807, 2.05) is 60.7 Å². The Hall–Kier alpha value is -2.17. The number of benzene rings is 2. The van der Waals surface area contributed by atoms with Crippen LogP contribution in [0.1, 0.15) is 30.1 Å². The van der Waals surface area contributed by atoms with Crippen LogP contribution < -0.4 is 5.32 Å². The summed E-state index contributed by atoms with van der Waals surface area (Å²) in [6.07, 6.45) is 0.394. The van der Waals surface area contributed by atoms with Crippen molar-refractivity contribution < 1.29 is 14.6 Å². The lowest BCUT2D eigenvalue weighted by molar-refractivity contribution is -0.121. The van der Waals surface area contributed by atoms with E-state index < -0.39 is 6.10 Å². The fourth-order valence-electron chi connectivity index (χ4n) is 2.19. The number of ether oxygens (including phenoxy) is 1. The highest BCUT2D eigenvalue weighted by atomic mass is 16.5. The molecule has 0 aliphatic heterocycles. The largest absolute Gasteiger partial charge is 0.387 e. The predicted octanol–water partition coefficient (Wildman–Crippen LogP) is 2.83. The number of rotatable bonds is 9. The number of hydrogen-bond donors (Lipinski definition) is 2. The quantitative estimate of drug-likeness (QED) is 0.700. The zero-order valence-corrected chi connectivity index (χ0v) is 13.2. The van der Waals surface area contributed by atoms with Gasteiger partial charge in [-0.3, -0.25) is 4.79 Å². The summed E-state index contributed by atoms with van der Waals surface area (Å²) >= 11 is 0. The van der Waals surface area contributed by atoms with Gasteiger partial charge in [0.1, 0.15) is 0 Å². The molecule has 0 radical (unpaired) electrons. The number of amides is 1. The van der Waals surface area contributed by atoms with Crippen LogP contribution in [0.15, 0.2) is 60.7 Å². The molecule has 0 saturated heterocycles. The molecule has 0 bridgehead atoms. The second-order valence-corrected chi connectivity index (χ2v) is 5.37. The van der Waals surface area contributed by atoms with Gasteiger partial charge in [-0.1, -0.05) is 60.7 Å². The van der Waals surface area contributed by atoms with Gasteiger partial charge in [0, 0.05) is 19.6 Å². The average Bonchev–Trinajstić information content (AvgIpc) is 2.61. The van der Waals surface area contributed by atoms with E-state index in [0.29, 0.717) is 26.1 Å². The van der Waals surface area contributed by atoms with Crippen molar-refractivity contribution >= 4 is 5.91 Å². The molecule has 4 heteroatoms. The number of hydrogen-bond acceptors (Lipinski definition) is 3. The molecular formula is C19H23NO3. The van der Waals surface area contributed by atoms with Gasteiger partial charge in [0.25, 0.3) is 0 Å². The number of aliphatic hydroxyl groups is 1. The molecular weight excluding hydrogens is 290 g/mol. The summed E-state index contributed by atoms with van der Waals surface area (Å²) < 4.78 is 5.54. The lowest BCUT2D eigenvalue weighted by Gasteiger charge is -2.12. The van der Waals surface area contributed by atoms with E-state index in [9.17, 15) is 9.90 Å². The SMILES string of the molecule is O=C(CCCOCc1ccccc1)NC[C@H](O)c1ccccc1. The van der Waals surface area contributed by atoms with Crippen molar-refractivity contribution in [2.75, 3.05) is 13.2 Å². The molecule has 0 unspecified atom stereocenters. The number of carbonyl (C=O) groups is 1. The van der Waals surface area contributed by atoms with Crippen molar-refractivity contribution in [3.63, 3.8) is 0 Å². The third-order valence-electron chi connectivity index (χ3n) is 3.48. The maximum absolute atomic E-state index is 11.7. The molecule has 4 nitrogen and oxygen atoms in total. The molecule has 0 fully saturated rings. The normalized spacial score (nSPS) is 11.9. The topological polar surface area (TPSA) is 58.6 Å². The van der Waals surface area contributed by atoms with Gasteiger partial charge in [-0.15, -0.1) is 0 Å². The predicted molar refractivity (Wildman–Crippen MR) is 89.7 cm³/mol. The van der Waals surface area contributed by atoms with Crippen molar-refractivity contribution in [3.8, 4) is 0 Å². The number of nitrogens with one attached hydrogen (secondary N) is 1. The second kappa shape index (κ2) is 9.77. The van der Waals surface area contributed by atoms with Crippen molar-refractivity contribution in [2.24, 2.45) is 0 Å². The molecule has 122 valence electrons. The molecule has 23 heavy (non-hydrogen) atoms. The zero-order chi connectivity index (χ0) is 16.3. The molecule has 0 saturated carbocycles. The van der Waals surface area contributed by atoms with Gasteiger partial charge < -0.3 is 15.2 Å². The molecule has 1 amide bonds. The van der Waals surface area contributed by atoms with E-state index in [2.05, 4.69) is 5.32 Å². The molecule has 2 aromatic rings. The molecule has 2 aromatic carbocycles. The van der Waals surface area contributed by atoms with Crippen molar-refractivity contribution in [3.05, 3.63) is 71.8 Å².